The Kier molecular flexibility index (Phi) is 8.01. The Hall–Kier alpha value is -4.72. The van der Waals surface area contributed by atoms with Crippen LogP contribution in [0.5, 0.6) is 0 Å². The zero-order valence-corrected chi connectivity index (χ0v) is 23.8. The maximum Gasteiger partial charge on any atom is 0.247 e. The maximum atomic E-state index is 14.0. The topological polar surface area (TPSA) is 89.6 Å². The molecular formula is C33H35N5O3. The molecule has 1 aliphatic heterocycles. The summed E-state index contributed by atoms with van der Waals surface area (Å²) in [6, 6.07) is 24.6. The molecule has 5 rings (SSSR count). The summed E-state index contributed by atoms with van der Waals surface area (Å²) in [5.74, 6) is -1.71. The lowest BCUT2D eigenvalue weighted by molar-refractivity contribution is -0.140. The molecule has 1 aliphatic rings. The van der Waals surface area contributed by atoms with E-state index in [0.29, 0.717) is 17.3 Å². The molecular weight excluding hydrogens is 514 g/mol. The second-order valence-electron chi connectivity index (χ2n) is 10.9. The van der Waals surface area contributed by atoms with E-state index in [0.717, 1.165) is 16.6 Å². The van der Waals surface area contributed by atoms with E-state index < -0.39 is 11.8 Å². The van der Waals surface area contributed by atoms with Gasteiger partial charge in [0, 0.05) is 47.3 Å². The van der Waals surface area contributed by atoms with Crippen LogP contribution in [0, 0.1) is 5.92 Å². The highest BCUT2D eigenvalue weighted by atomic mass is 16.2. The number of benzene rings is 3. The van der Waals surface area contributed by atoms with Crippen molar-refractivity contribution in [3.63, 3.8) is 0 Å². The Morgan fingerprint density at radius 3 is 2.24 bits per heavy atom. The van der Waals surface area contributed by atoms with Gasteiger partial charge in [0.2, 0.25) is 17.7 Å². The van der Waals surface area contributed by atoms with Crippen LogP contribution in [0.1, 0.15) is 44.9 Å². The number of amides is 3. The number of hydrogen-bond acceptors (Lipinski definition) is 4. The summed E-state index contributed by atoms with van der Waals surface area (Å²) in [7, 11) is 0. The highest BCUT2D eigenvalue weighted by molar-refractivity contribution is 6.11. The number of rotatable bonds is 8. The molecule has 0 bridgehead atoms. The normalized spacial score (nSPS) is 15.7. The Balaban J connectivity index is 1.47. The molecule has 3 aromatic carbocycles. The molecule has 41 heavy (non-hydrogen) atoms. The first-order valence-corrected chi connectivity index (χ1v) is 14.0. The fraction of sp³-hybridized carbons (Fsp3) is 0.273. The van der Waals surface area contributed by atoms with E-state index in [1.807, 2.05) is 92.7 Å². The number of hydrogen-bond donors (Lipinski definition) is 1. The molecule has 8 nitrogen and oxygen atoms in total. The number of carbonyl (C=O) groups excluding carboxylic acids is 3. The molecule has 0 fully saturated rings. The van der Waals surface area contributed by atoms with Crippen molar-refractivity contribution in [1.82, 2.24) is 15.1 Å². The lowest BCUT2D eigenvalue weighted by Gasteiger charge is -2.30. The number of nitrogens with one attached hydrogen (secondary N) is 1. The van der Waals surface area contributed by atoms with Crippen LogP contribution in [-0.2, 0) is 20.8 Å². The van der Waals surface area contributed by atoms with E-state index in [-0.39, 0.29) is 30.8 Å². The summed E-state index contributed by atoms with van der Waals surface area (Å²) in [6.07, 6.45) is 3.24. The van der Waals surface area contributed by atoms with Gasteiger partial charge in [0.25, 0.3) is 0 Å². The first-order valence-electron chi connectivity index (χ1n) is 14.0. The molecule has 0 saturated carbocycles. The number of aromatic amines is 1. The zero-order valence-electron chi connectivity index (χ0n) is 23.8. The quantitative estimate of drug-likeness (QED) is 0.288. The average molecular weight is 550 g/mol. The monoisotopic (exact) mass is 549 g/mol. The third-order valence-corrected chi connectivity index (χ3v) is 7.42. The predicted octanol–water partition coefficient (Wildman–Crippen LogP) is 5.63. The van der Waals surface area contributed by atoms with E-state index in [9.17, 15) is 14.4 Å². The van der Waals surface area contributed by atoms with Crippen molar-refractivity contribution in [2.45, 2.75) is 46.1 Å². The van der Waals surface area contributed by atoms with Crippen LogP contribution in [0.25, 0.3) is 10.9 Å². The molecule has 210 valence electrons. The Labute approximate surface area is 240 Å². The fourth-order valence-electron chi connectivity index (χ4n) is 5.22. The van der Waals surface area contributed by atoms with Crippen molar-refractivity contribution in [3.8, 4) is 0 Å². The highest BCUT2D eigenvalue weighted by Crippen LogP contribution is 2.27. The first-order chi connectivity index (χ1) is 19.7. The number of anilines is 2. The van der Waals surface area contributed by atoms with E-state index in [1.54, 1.807) is 11.1 Å². The average Bonchev–Trinajstić information content (AvgIpc) is 3.33. The smallest absolute Gasteiger partial charge is 0.247 e. The molecule has 8 heteroatoms. The van der Waals surface area contributed by atoms with Gasteiger partial charge in [0.1, 0.15) is 12.5 Å². The van der Waals surface area contributed by atoms with Gasteiger partial charge < -0.3 is 9.80 Å². The largest absolute Gasteiger partial charge is 0.308 e. The number of H-pyrrole nitrogens is 1. The number of fused-ring (bicyclic) bond motifs is 1. The van der Waals surface area contributed by atoms with Crippen LogP contribution < -0.4 is 9.80 Å². The van der Waals surface area contributed by atoms with Crippen LogP contribution in [0.3, 0.4) is 0 Å². The summed E-state index contributed by atoms with van der Waals surface area (Å²) >= 11 is 0. The molecule has 2 heterocycles. The molecule has 0 saturated heterocycles. The maximum absolute atomic E-state index is 14.0. The molecule has 0 spiro atoms. The first kappa shape index (κ1) is 27.8. The van der Waals surface area contributed by atoms with Gasteiger partial charge in [-0.05, 0) is 55.7 Å². The summed E-state index contributed by atoms with van der Waals surface area (Å²) in [6.45, 7) is 7.94. The summed E-state index contributed by atoms with van der Waals surface area (Å²) in [4.78, 5) is 46.2. The van der Waals surface area contributed by atoms with Crippen molar-refractivity contribution in [3.05, 3.63) is 103 Å². The summed E-state index contributed by atoms with van der Waals surface area (Å²) < 4.78 is 0. The third kappa shape index (κ3) is 5.77. The Morgan fingerprint density at radius 1 is 0.878 bits per heavy atom. The summed E-state index contributed by atoms with van der Waals surface area (Å²) in [5.41, 5.74) is 4.05. The molecule has 0 aliphatic carbocycles. The Morgan fingerprint density at radius 2 is 1.56 bits per heavy atom. The lowest BCUT2D eigenvalue weighted by Crippen LogP contribution is -2.46. The minimum atomic E-state index is -1.06. The van der Waals surface area contributed by atoms with Crippen LogP contribution in [-0.4, -0.2) is 45.4 Å². The van der Waals surface area contributed by atoms with Crippen molar-refractivity contribution in [2.24, 2.45) is 5.92 Å². The van der Waals surface area contributed by atoms with Crippen LogP contribution in [0.15, 0.2) is 91.3 Å². The number of nitrogens with zero attached hydrogens (tertiary/aromatic N) is 4. The molecule has 1 unspecified atom stereocenters. The van der Waals surface area contributed by atoms with Crippen molar-refractivity contribution in [1.29, 1.82) is 0 Å². The van der Waals surface area contributed by atoms with Crippen molar-refractivity contribution < 1.29 is 14.4 Å². The van der Waals surface area contributed by atoms with E-state index in [4.69, 9.17) is 0 Å². The molecule has 4 aromatic rings. The SMILES string of the molecule is CC(C)c1ccc(N(C(=O)CN2C=CN(c3ccccc3)C(=O)C(Cc3[nH]nc4ccccc34)C2=O)C(C)C)cc1. The van der Waals surface area contributed by atoms with Gasteiger partial charge in [-0.15, -0.1) is 0 Å². The molecule has 1 N–H and O–H groups in total. The van der Waals surface area contributed by atoms with E-state index >= 15 is 0 Å². The van der Waals surface area contributed by atoms with Crippen LogP contribution in [0.2, 0.25) is 0 Å². The van der Waals surface area contributed by atoms with Gasteiger partial charge in [-0.2, -0.15) is 5.10 Å². The number of carbonyl (C=O) groups is 3. The van der Waals surface area contributed by atoms with Gasteiger partial charge in [0.05, 0.1) is 5.52 Å². The second-order valence-corrected chi connectivity index (χ2v) is 10.9. The molecule has 0 radical (unpaired) electrons. The van der Waals surface area contributed by atoms with Gasteiger partial charge >= 0.3 is 0 Å². The summed E-state index contributed by atoms with van der Waals surface area (Å²) in [5, 5.41) is 8.21. The molecule has 1 atom stereocenters. The van der Waals surface area contributed by atoms with Gasteiger partial charge in [-0.3, -0.25) is 24.4 Å². The number of aromatic nitrogens is 2. The third-order valence-electron chi connectivity index (χ3n) is 7.42. The minimum absolute atomic E-state index is 0.123. The van der Waals surface area contributed by atoms with Gasteiger partial charge in [0.15, 0.2) is 0 Å². The number of para-hydroxylation sites is 2. The van der Waals surface area contributed by atoms with E-state index in [2.05, 4.69) is 24.0 Å². The standard InChI is InChI=1S/C33H35N5O3/c1-22(2)24-14-16-26(17-15-24)38(23(3)4)31(39)21-36-18-19-37(25-10-6-5-7-11-25)33(41)28(32(36)40)20-30-27-12-8-9-13-29(27)34-35-30/h5-19,22-23,28H,20-21H2,1-4H3,(H,34,35). The predicted molar refractivity (Wildman–Crippen MR) is 161 cm³/mol. The second kappa shape index (κ2) is 11.8. The Bertz CT molecular complexity index is 1570. The van der Waals surface area contributed by atoms with Gasteiger partial charge in [-0.1, -0.05) is 62.4 Å². The van der Waals surface area contributed by atoms with Crippen LogP contribution >= 0.6 is 0 Å². The molecule has 1 aromatic heterocycles. The minimum Gasteiger partial charge on any atom is -0.308 e. The van der Waals surface area contributed by atoms with Crippen molar-refractivity contribution in [2.75, 3.05) is 16.3 Å². The van der Waals surface area contributed by atoms with Crippen LogP contribution in [0.4, 0.5) is 11.4 Å². The van der Waals surface area contributed by atoms with Gasteiger partial charge in [-0.25, -0.2) is 0 Å². The van der Waals surface area contributed by atoms with Crippen molar-refractivity contribution >= 4 is 40.0 Å². The fourth-order valence-corrected chi connectivity index (χ4v) is 5.22. The zero-order chi connectivity index (χ0) is 29.1. The highest BCUT2D eigenvalue weighted by Gasteiger charge is 2.38. The molecule has 3 amide bonds. The van der Waals surface area contributed by atoms with E-state index in [1.165, 1.54) is 21.6 Å². The lowest BCUT2D eigenvalue weighted by atomic mass is 9.98.